The van der Waals surface area contributed by atoms with E-state index in [1.165, 1.54) is 0 Å². The van der Waals surface area contributed by atoms with Crippen molar-refractivity contribution in [2.45, 2.75) is 0 Å². The number of aromatic nitrogens is 1. The van der Waals surface area contributed by atoms with Gasteiger partial charge in [0.05, 0.1) is 17.6 Å². The van der Waals surface area contributed by atoms with E-state index in [2.05, 4.69) is 15.5 Å². The third kappa shape index (κ3) is 3.07. The third-order valence-electron chi connectivity index (χ3n) is 1.90. The second-order valence-electron chi connectivity index (χ2n) is 3.13. The zero-order valence-electron chi connectivity index (χ0n) is 8.47. The molecule has 80 valence electrons. The van der Waals surface area contributed by atoms with Gasteiger partial charge in [0.1, 0.15) is 0 Å². The van der Waals surface area contributed by atoms with Crippen molar-refractivity contribution >= 4 is 23.5 Å². The Hall–Kier alpha value is -1.87. The second kappa shape index (κ2) is 5.28. The number of hydrazone groups is 1. The lowest BCUT2D eigenvalue weighted by molar-refractivity contribution is 1.28. The fourth-order valence-electron chi connectivity index (χ4n) is 1.18. The summed E-state index contributed by atoms with van der Waals surface area (Å²) in [4.78, 5) is 4.11. The van der Waals surface area contributed by atoms with E-state index in [9.17, 15) is 0 Å². The topological polar surface area (TPSA) is 37.3 Å². The summed E-state index contributed by atoms with van der Waals surface area (Å²) in [5, 5.41) is 4.74. The molecule has 0 unspecified atom stereocenters. The van der Waals surface area contributed by atoms with Crippen LogP contribution >= 0.6 is 11.6 Å². The van der Waals surface area contributed by atoms with Gasteiger partial charge in [-0.05, 0) is 30.3 Å². The number of hydrogen-bond donors (Lipinski definition) is 1. The van der Waals surface area contributed by atoms with E-state index in [1.54, 1.807) is 18.5 Å². The molecule has 0 bridgehead atoms. The number of benzene rings is 1. The molecule has 0 radical (unpaired) electrons. The lowest BCUT2D eigenvalue weighted by atomic mass is 10.3. The van der Waals surface area contributed by atoms with Crippen molar-refractivity contribution in [3.8, 4) is 0 Å². The molecular weight excluding hydrogens is 222 g/mol. The minimum absolute atomic E-state index is 0.679. The number of hydrogen-bond acceptors (Lipinski definition) is 3. The molecule has 1 N–H and O–H groups in total. The molecule has 4 heteroatoms. The molecule has 0 aliphatic carbocycles. The maximum absolute atomic E-state index is 5.84. The van der Waals surface area contributed by atoms with Crippen molar-refractivity contribution in [1.82, 2.24) is 4.98 Å². The van der Waals surface area contributed by atoms with E-state index < -0.39 is 0 Å². The molecular formula is C12H10ClN3. The summed E-state index contributed by atoms with van der Waals surface area (Å²) in [5.74, 6) is 0. The lowest BCUT2D eigenvalue weighted by Crippen LogP contribution is -1.91. The van der Waals surface area contributed by atoms with Gasteiger partial charge in [0, 0.05) is 11.2 Å². The van der Waals surface area contributed by atoms with Crippen molar-refractivity contribution < 1.29 is 0 Å². The molecule has 0 atom stereocenters. The molecule has 0 amide bonds. The molecule has 1 aromatic carbocycles. The highest BCUT2D eigenvalue weighted by molar-refractivity contribution is 6.30. The van der Waals surface area contributed by atoms with Gasteiger partial charge in [-0.3, -0.25) is 10.4 Å². The van der Waals surface area contributed by atoms with Crippen LogP contribution in [0.25, 0.3) is 0 Å². The summed E-state index contributed by atoms with van der Waals surface area (Å²) >= 11 is 5.84. The van der Waals surface area contributed by atoms with Crippen molar-refractivity contribution in [3.63, 3.8) is 0 Å². The summed E-state index contributed by atoms with van der Waals surface area (Å²) in [6, 6.07) is 13.0. The Morgan fingerprint density at radius 1 is 1.19 bits per heavy atom. The minimum atomic E-state index is 0.679. The Labute approximate surface area is 98.8 Å². The van der Waals surface area contributed by atoms with E-state index in [1.807, 2.05) is 36.4 Å². The molecule has 0 fully saturated rings. The predicted octanol–water partition coefficient (Wildman–Crippen LogP) is 3.18. The number of rotatable bonds is 3. The van der Waals surface area contributed by atoms with Crippen LogP contribution < -0.4 is 5.43 Å². The molecule has 0 aliphatic rings. The Kier molecular flexibility index (Phi) is 3.51. The lowest BCUT2D eigenvalue weighted by Gasteiger charge is -1.99. The summed E-state index contributed by atoms with van der Waals surface area (Å²) < 4.78 is 0. The smallest absolute Gasteiger partial charge is 0.0830 e. The molecule has 1 heterocycles. The highest BCUT2D eigenvalue weighted by atomic mass is 35.5. The zero-order valence-corrected chi connectivity index (χ0v) is 9.22. The summed E-state index contributed by atoms with van der Waals surface area (Å²) in [6.45, 7) is 0. The average Bonchev–Trinajstić information content (AvgIpc) is 2.30. The summed E-state index contributed by atoms with van der Waals surface area (Å²) in [5.41, 5.74) is 4.53. The van der Waals surface area contributed by atoms with Gasteiger partial charge in [-0.1, -0.05) is 23.7 Å². The highest BCUT2D eigenvalue weighted by Crippen LogP contribution is 2.14. The van der Waals surface area contributed by atoms with Gasteiger partial charge in [-0.2, -0.15) is 5.10 Å². The molecule has 0 saturated carbocycles. The van der Waals surface area contributed by atoms with E-state index in [0.717, 1.165) is 11.4 Å². The van der Waals surface area contributed by atoms with E-state index in [4.69, 9.17) is 11.6 Å². The fraction of sp³-hybridized carbons (Fsp3) is 0. The Balaban J connectivity index is 2.00. The van der Waals surface area contributed by atoms with Gasteiger partial charge in [0.15, 0.2) is 0 Å². The van der Waals surface area contributed by atoms with E-state index in [-0.39, 0.29) is 0 Å². The Bertz CT molecular complexity index is 483. The molecule has 2 aromatic rings. The van der Waals surface area contributed by atoms with Crippen LogP contribution in [0.3, 0.4) is 0 Å². The standard InChI is InChI=1S/C12H10ClN3/c13-10-4-3-6-11(8-10)16-15-9-12-5-1-2-7-14-12/h1-9,16H/b15-9-. The molecule has 1 aromatic heterocycles. The molecule has 0 saturated heterocycles. The molecule has 0 spiro atoms. The van der Waals surface area contributed by atoms with Gasteiger partial charge in [0.2, 0.25) is 0 Å². The second-order valence-corrected chi connectivity index (χ2v) is 3.57. The number of nitrogens with zero attached hydrogens (tertiary/aromatic N) is 2. The SMILES string of the molecule is Clc1cccc(N/N=C\c2ccccn2)c1. The van der Waals surface area contributed by atoms with Crippen molar-refractivity contribution in [2.24, 2.45) is 5.10 Å². The van der Waals surface area contributed by atoms with Crippen molar-refractivity contribution in [3.05, 3.63) is 59.4 Å². The minimum Gasteiger partial charge on any atom is -0.278 e. The summed E-state index contributed by atoms with van der Waals surface area (Å²) in [7, 11) is 0. The average molecular weight is 232 g/mol. The van der Waals surface area contributed by atoms with Crippen LogP contribution in [-0.4, -0.2) is 11.2 Å². The van der Waals surface area contributed by atoms with Gasteiger partial charge in [0.25, 0.3) is 0 Å². The summed E-state index contributed by atoms with van der Waals surface area (Å²) in [6.07, 6.45) is 3.38. The normalized spacial score (nSPS) is 10.6. The predicted molar refractivity (Wildman–Crippen MR) is 66.9 cm³/mol. The van der Waals surface area contributed by atoms with Crippen LogP contribution in [0.2, 0.25) is 5.02 Å². The molecule has 2 rings (SSSR count). The number of anilines is 1. The van der Waals surface area contributed by atoms with Gasteiger partial charge < -0.3 is 0 Å². The van der Waals surface area contributed by atoms with Crippen LogP contribution in [0.15, 0.2) is 53.8 Å². The number of nitrogens with one attached hydrogen (secondary N) is 1. The maximum Gasteiger partial charge on any atom is 0.0830 e. The van der Waals surface area contributed by atoms with E-state index >= 15 is 0 Å². The zero-order chi connectivity index (χ0) is 11.2. The van der Waals surface area contributed by atoms with Gasteiger partial charge in [-0.25, -0.2) is 0 Å². The van der Waals surface area contributed by atoms with Crippen LogP contribution in [0.4, 0.5) is 5.69 Å². The Morgan fingerprint density at radius 2 is 2.12 bits per heavy atom. The first-order valence-electron chi connectivity index (χ1n) is 4.80. The van der Waals surface area contributed by atoms with E-state index in [0.29, 0.717) is 5.02 Å². The fourth-order valence-corrected chi connectivity index (χ4v) is 1.37. The van der Waals surface area contributed by atoms with Gasteiger partial charge >= 0.3 is 0 Å². The first kappa shape index (κ1) is 10.6. The Morgan fingerprint density at radius 3 is 2.88 bits per heavy atom. The first-order valence-corrected chi connectivity index (χ1v) is 5.18. The number of pyridine rings is 1. The van der Waals surface area contributed by atoms with Crippen molar-refractivity contribution in [2.75, 3.05) is 5.43 Å². The van der Waals surface area contributed by atoms with Crippen molar-refractivity contribution in [1.29, 1.82) is 0 Å². The highest BCUT2D eigenvalue weighted by Gasteiger charge is 1.90. The van der Waals surface area contributed by atoms with Gasteiger partial charge in [-0.15, -0.1) is 0 Å². The quantitative estimate of drug-likeness (QED) is 0.651. The molecule has 0 aliphatic heterocycles. The van der Waals surface area contributed by atoms with Crippen LogP contribution in [0.1, 0.15) is 5.69 Å². The monoisotopic (exact) mass is 231 g/mol. The maximum atomic E-state index is 5.84. The van der Waals surface area contributed by atoms with Crippen LogP contribution in [0, 0.1) is 0 Å². The molecule has 3 nitrogen and oxygen atoms in total. The van der Waals surface area contributed by atoms with Crippen LogP contribution in [-0.2, 0) is 0 Å². The third-order valence-corrected chi connectivity index (χ3v) is 2.14. The largest absolute Gasteiger partial charge is 0.278 e. The first-order chi connectivity index (χ1) is 7.84. The molecule has 16 heavy (non-hydrogen) atoms. The number of halogens is 1. The van der Waals surface area contributed by atoms with Crippen LogP contribution in [0.5, 0.6) is 0 Å².